The summed E-state index contributed by atoms with van der Waals surface area (Å²) in [5.41, 5.74) is 5.38. The van der Waals surface area contributed by atoms with Gasteiger partial charge >= 0.3 is 0 Å². The van der Waals surface area contributed by atoms with Crippen molar-refractivity contribution in [3.63, 3.8) is 0 Å². The van der Waals surface area contributed by atoms with Crippen molar-refractivity contribution >= 4 is 33.1 Å². The van der Waals surface area contributed by atoms with Crippen LogP contribution in [-0.2, 0) is 0 Å². The zero-order chi connectivity index (χ0) is 13.1. The quantitative estimate of drug-likeness (QED) is 0.841. The van der Waals surface area contributed by atoms with E-state index in [9.17, 15) is 4.39 Å². The molecule has 0 saturated carbocycles. The van der Waals surface area contributed by atoms with E-state index in [0.29, 0.717) is 28.2 Å². The van der Waals surface area contributed by atoms with Crippen LogP contribution < -0.4 is 10.5 Å². The molecule has 0 aliphatic rings. The van der Waals surface area contributed by atoms with Gasteiger partial charge in [0.1, 0.15) is 11.6 Å². The first-order valence-corrected chi connectivity index (χ1v) is 6.41. The van der Waals surface area contributed by atoms with Crippen LogP contribution in [0.5, 0.6) is 5.75 Å². The maximum absolute atomic E-state index is 12.8. The van der Waals surface area contributed by atoms with Gasteiger partial charge in [0.25, 0.3) is 0 Å². The van der Waals surface area contributed by atoms with Crippen LogP contribution in [0.2, 0.25) is 0 Å². The number of halogens is 2. The first-order chi connectivity index (χ1) is 7.83. The van der Waals surface area contributed by atoms with E-state index in [0.717, 1.165) is 0 Å². The highest BCUT2D eigenvalue weighted by molar-refractivity contribution is 9.10. The van der Waals surface area contributed by atoms with Gasteiger partial charge in [-0.2, -0.15) is 0 Å². The van der Waals surface area contributed by atoms with Crippen molar-refractivity contribution in [3.05, 3.63) is 28.5 Å². The lowest BCUT2D eigenvalue weighted by Gasteiger charge is -2.22. The van der Waals surface area contributed by atoms with Crippen molar-refractivity contribution in [1.29, 1.82) is 0 Å². The Labute approximate surface area is 114 Å². The van der Waals surface area contributed by atoms with Crippen LogP contribution in [0.25, 0.3) is 0 Å². The molecule has 0 atom stereocenters. The van der Waals surface area contributed by atoms with Crippen molar-refractivity contribution in [2.75, 3.05) is 6.61 Å². The third-order valence-electron chi connectivity index (χ3n) is 2.55. The Morgan fingerprint density at radius 1 is 1.53 bits per heavy atom. The fraction of sp³-hybridized carbons (Fsp3) is 0.417. The van der Waals surface area contributed by atoms with Gasteiger partial charge in [-0.1, -0.05) is 26.1 Å². The molecule has 0 unspecified atom stereocenters. The molecule has 0 heterocycles. The van der Waals surface area contributed by atoms with Gasteiger partial charge < -0.3 is 10.5 Å². The molecule has 1 rings (SSSR count). The van der Waals surface area contributed by atoms with Crippen LogP contribution in [0.1, 0.15) is 20.3 Å². The van der Waals surface area contributed by atoms with Crippen molar-refractivity contribution in [2.45, 2.75) is 20.3 Å². The van der Waals surface area contributed by atoms with Crippen molar-refractivity contribution in [3.8, 4) is 5.75 Å². The number of thiocarbonyl (C=S) groups is 1. The number of nitrogens with two attached hydrogens (primary N) is 1. The molecule has 0 radical (unpaired) electrons. The van der Waals surface area contributed by atoms with E-state index in [1.54, 1.807) is 6.07 Å². The van der Waals surface area contributed by atoms with Crippen LogP contribution in [0, 0.1) is 11.2 Å². The maximum atomic E-state index is 12.8. The minimum atomic E-state index is -0.298. The van der Waals surface area contributed by atoms with Gasteiger partial charge in [-0.25, -0.2) is 4.39 Å². The molecule has 1 aromatic carbocycles. The summed E-state index contributed by atoms with van der Waals surface area (Å²) in [6.07, 6.45) is 0.714. The second-order valence-corrected chi connectivity index (χ2v) is 5.72. The maximum Gasteiger partial charge on any atom is 0.133 e. The van der Waals surface area contributed by atoms with Crippen molar-refractivity contribution in [2.24, 2.45) is 11.1 Å². The molecule has 0 aliphatic heterocycles. The van der Waals surface area contributed by atoms with Gasteiger partial charge in [-0.3, -0.25) is 0 Å². The molecule has 94 valence electrons. The van der Waals surface area contributed by atoms with E-state index < -0.39 is 0 Å². The smallest absolute Gasteiger partial charge is 0.133 e. The average Bonchev–Trinajstić information content (AvgIpc) is 2.21. The third-order valence-corrected chi connectivity index (χ3v) is 3.72. The summed E-state index contributed by atoms with van der Waals surface area (Å²) in [5, 5.41) is 0. The number of hydrogen-bond acceptors (Lipinski definition) is 2. The summed E-state index contributed by atoms with van der Waals surface area (Å²) in [5.74, 6) is 0.317. The summed E-state index contributed by atoms with van der Waals surface area (Å²) in [7, 11) is 0. The lowest BCUT2D eigenvalue weighted by molar-refractivity contribution is 0.269. The molecule has 0 aromatic heterocycles. The summed E-state index contributed by atoms with van der Waals surface area (Å²) in [4.78, 5) is 0.472. The van der Waals surface area contributed by atoms with Gasteiger partial charge in [0.15, 0.2) is 0 Å². The van der Waals surface area contributed by atoms with Crippen LogP contribution >= 0.6 is 28.1 Å². The predicted octanol–water partition coefficient (Wildman–Crippen LogP) is 3.67. The molecular weight excluding hydrogens is 305 g/mol. The molecular formula is C12H15BrFNOS. The zero-order valence-electron chi connectivity index (χ0n) is 9.80. The van der Waals surface area contributed by atoms with Gasteiger partial charge in [0.2, 0.25) is 0 Å². The lowest BCUT2D eigenvalue weighted by atomic mass is 9.90. The summed E-state index contributed by atoms with van der Waals surface area (Å²) < 4.78 is 19.0. The van der Waals surface area contributed by atoms with Crippen LogP contribution in [0.3, 0.4) is 0 Å². The molecule has 2 nitrogen and oxygen atoms in total. The van der Waals surface area contributed by atoms with E-state index >= 15 is 0 Å². The van der Waals surface area contributed by atoms with Crippen LogP contribution in [-0.4, -0.2) is 11.6 Å². The Bertz CT molecular complexity index is 423. The van der Waals surface area contributed by atoms with E-state index in [2.05, 4.69) is 15.9 Å². The predicted molar refractivity (Wildman–Crippen MR) is 74.8 cm³/mol. The minimum Gasteiger partial charge on any atom is -0.492 e. The molecule has 17 heavy (non-hydrogen) atoms. The lowest BCUT2D eigenvalue weighted by Crippen LogP contribution is -2.31. The highest BCUT2D eigenvalue weighted by Crippen LogP contribution is 2.27. The van der Waals surface area contributed by atoms with Gasteiger partial charge in [-0.05, 0) is 40.5 Å². The molecule has 0 fully saturated rings. The Morgan fingerprint density at radius 3 is 2.71 bits per heavy atom. The molecule has 1 aromatic rings. The SMILES string of the molecule is CC(C)(CCOc1ccc(F)cc1Br)C(N)=S. The van der Waals surface area contributed by atoms with Crippen LogP contribution in [0.15, 0.2) is 22.7 Å². The highest BCUT2D eigenvalue weighted by Gasteiger charge is 2.21. The van der Waals surface area contributed by atoms with Crippen molar-refractivity contribution < 1.29 is 9.13 Å². The average molecular weight is 320 g/mol. The van der Waals surface area contributed by atoms with E-state index in [4.69, 9.17) is 22.7 Å². The Balaban J connectivity index is 2.54. The van der Waals surface area contributed by atoms with E-state index in [1.807, 2.05) is 13.8 Å². The van der Waals surface area contributed by atoms with Gasteiger partial charge in [0.05, 0.1) is 16.1 Å². The molecule has 0 aliphatic carbocycles. The summed E-state index contributed by atoms with van der Waals surface area (Å²) in [6.45, 7) is 4.42. The fourth-order valence-corrected chi connectivity index (χ4v) is 1.70. The topological polar surface area (TPSA) is 35.2 Å². The second kappa shape index (κ2) is 5.78. The zero-order valence-corrected chi connectivity index (χ0v) is 12.2. The van der Waals surface area contributed by atoms with Gasteiger partial charge in [-0.15, -0.1) is 0 Å². The summed E-state index contributed by atoms with van der Waals surface area (Å²) >= 11 is 8.21. The molecule has 0 amide bonds. The summed E-state index contributed by atoms with van der Waals surface area (Å²) in [6, 6.07) is 4.32. The Kier molecular flexibility index (Phi) is 4.89. The standard InChI is InChI=1S/C12H15BrFNOS/c1-12(2,11(15)17)5-6-16-10-4-3-8(14)7-9(10)13/h3-4,7H,5-6H2,1-2H3,(H2,15,17). The molecule has 5 heteroatoms. The highest BCUT2D eigenvalue weighted by atomic mass is 79.9. The van der Waals surface area contributed by atoms with Crippen LogP contribution in [0.4, 0.5) is 4.39 Å². The Hall–Kier alpha value is -0.680. The first kappa shape index (κ1) is 14.4. The molecule has 0 saturated heterocycles. The minimum absolute atomic E-state index is 0.234. The van der Waals surface area contributed by atoms with Gasteiger partial charge in [0, 0.05) is 5.41 Å². The molecule has 0 spiro atoms. The number of ether oxygens (including phenoxy) is 1. The number of benzene rings is 1. The number of hydrogen-bond donors (Lipinski definition) is 1. The Morgan fingerprint density at radius 2 is 2.18 bits per heavy atom. The van der Waals surface area contributed by atoms with E-state index in [1.165, 1.54) is 12.1 Å². The second-order valence-electron chi connectivity index (χ2n) is 4.42. The molecule has 0 bridgehead atoms. The number of rotatable bonds is 5. The van der Waals surface area contributed by atoms with E-state index in [-0.39, 0.29) is 11.2 Å². The fourth-order valence-electron chi connectivity index (χ4n) is 1.13. The largest absolute Gasteiger partial charge is 0.492 e. The normalized spacial score (nSPS) is 11.3. The monoisotopic (exact) mass is 319 g/mol. The van der Waals surface area contributed by atoms with Crippen molar-refractivity contribution in [1.82, 2.24) is 0 Å². The molecule has 2 N–H and O–H groups in total. The first-order valence-electron chi connectivity index (χ1n) is 5.21. The third kappa shape index (κ3) is 4.24.